The van der Waals surface area contributed by atoms with Crippen LogP contribution in [0.25, 0.3) is 0 Å². The van der Waals surface area contributed by atoms with Gasteiger partial charge in [-0.05, 0) is 37.3 Å². The zero-order valence-corrected chi connectivity index (χ0v) is 20.2. The minimum atomic E-state index is -0.558. The highest BCUT2D eigenvalue weighted by atomic mass is 16.2. The molecule has 3 unspecified atom stereocenters. The first-order valence-corrected chi connectivity index (χ1v) is 12.0. The lowest BCUT2D eigenvalue weighted by Gasteiger charge is -2.44. The molecule has 2 aromatic rings. The summed E-state index contributed by atoms with van der Waals surface area (Å²) in [6, 6.07) is 17.5. The summed E-state index contributed by atoms with van der Waals surface area (Å²) in [5.74, 6) is 0.0261. The summed E-state index contributed by atoms with van der Waals surface area (Å²) in [7, 11) is 1.69. The first kappa shape index (κ1) is 24.9. The van der Waals surface area contributed by atoms with E-state index in [0.717, 1.165) is 24.0 Å². The zero-order valence-electron chi connectivity index (χ0n) is 20.2. The standard InChI is InChI=1S/C27H38N4O2/c1-4-8-23-19-30(25(26(32)29-3)18-21-9-6-5-7-10-21)15-16-31(23)27(33)24(28)17-22-13-11-20(2)12-14-22/h5-7,9-14,23-25H,4,8,15-19,28H2,1-3H3,(H,29,32). The minimum Gasteiger partial charge on any atom is -0.358 e. The van der Waals surface area contributed by atoms with E-state index in [9.17, 15) is 9.59 Å². The van der Waals surface area contributed by atoms with Gasteiger partial charge in [-0.1, -0.05) is 73.5 Å². The summed E-state index contributed by atoms with van der Waals surface area (Å²) in [5.41, 5.74) is 9.78. The number of nitrogens with two attached hydrogens (primary N) is 1. The van der Waals surface area contributed by atoms with Gasteiger partial charge in [-0.3, -0.25) is 14.5 Å². The maximum atomic E-state index is 13.3. The number of nitrogens with one attached hydrogen (secondary N) is 1. The van der Waals surface area contributed by atoms with E-state index >= 15 is 0 Å². The van der Waals surface area contributed by atoms with Crippen LogP contribution in [0.15, 0.2) is 54.6 Å². The molecule has 1 fully saturated rings. The highest BCUT2D eigenvalue weighted by Gasteiger charge is 2.36. The van der Waals surface area contributed by atoms with Crippen molar-refractivity contribution < 1.29 is 9.59 Å². The van der Waals surface area contributed by atoms with Crippen molar-refractivity contribution in [3.63, 3.8) is 0 Å². The Hall–Kier alpha value is -2.70. The fourth-order valence-corrected chi connectivity index (χ4v) is 4.70. The van der Waals surface area contributed by atoms with Gasteiger partial charge >= 0.3 is 0 Å². The van der Waals surface area contributed by atoms with E-state index in [0.29, 0.717) is 32.5 Å². The molecular formula is C27H38N4O2. The van der Waals surface area contributed by atoms with Crippen LogP contribution >= 0.6 is 0 Å². The van der Waals surface area contributed by atoms with Gasteiger partial charge in [0.05, 0.1) is 12.1 Å². The molecule has 33 heavy (non-hydrogen) atoms. The normalized spacial score (nSPS) is 18.5. The number of amides is 2. The zero-order chi connectivity index (χ0) is 23.8. The minimum absolute atomic E-state index is 0.00762. The highest BCUT2D eigenvalue weighted by molar-refractivity contribution is 5.83. The molecule has 2 aromatic carbocycles. The third-order valence-electron chi connectivity index (χ3n) is 6.57. The Bertz CT molecular complexity index is 900. The second kappa shape index (κ2) is 12.0. The summed E-state index contributed by atoms with van der Waals surface area (Å²) in [5, 5.41) is 2.83. The molecule has 178 valence electrons. The van der Waals surface area contributed by atoms with Gasteiger partial charge < -0.3 is 16.0 Å². The van der Waals surface area contributed by atoms with Crippen molar-refractivity contribution in [2.45, 2.75) is 57.7 Å². The lowest BCUT2D eigenvalue weighted by molar-refractivity contribution is -0.139. The maximum Gasteiger partial charge on any atom is 0.240 e. The van der Waals surface area contributed by atoms with E-state index in [2.05, 4.69) is 41.4 Å². The van der Waals surface area contributed by atoms with Crippen molar-refractivity contribution >= 4 is 11.8 Å². The topological polar surface area (TPSA) is 78.7 Å². The second-order valence-electron chi connectivity index (χ2n) is 9.09. The van der Waals surface area contributed by atoms with Crippen molar-refractivity contribution in [2.75, 3.05) is 26.7 Å². The molecule has 0 aromatic heterocycles. The molecule has 6 nitrogen and oxygen atoms in total. The van der Waals surface area contributed by atoms with Crippen LogP contribution in [-0.2, 0) is 22.4 Å². The molecule has 1 saturated heterocycles. The summed E-state index contributed by atoms with van der Waals surface area (Å²) < 4.78 is 0. The van der Waals surface area contributed by atoms with E-state index < -0.39 is 6.04 Å². The van der Waals surface area contributed by atoms with Crippen molar-refractivity contribution in [1.29, 1.82) is 0 Å². The number of benzene rings is 2. The maximum absolute atomic E-state index is 13.3. The summed E-state index contributed by atoms with van der Waals surface area (Å²) in [6.45, 7) is 6.12. The van der Waals surface area contributed by atoms with Crippen LogP contribution in [0.3, 0.4) is 0 Å². The smallest absolute Gasteiger partial charge is 0.240 e. The quantitative estimate of drug-likeness (QED) is 0.615. The molecule has 3 N–H and O–H groups in total. The van der Waals surface area contributed by atoms with Gasteiger partial charge in [0.1, 0.15) is 0 Å². The van der Waals surface area contributed by atoms with Crippen molar-refractivity contribution in [2.24, 2.45) is 5.73 Å². The van der Waals surface area contributed by atoms with Crippen LogP contribution in [0.1, 0.15) is 36.5 Å². The Morgan fingerprint density at radius 3 is 2.33 bits per heavy atom. The molecule has 1 aliphatic heterocycles. The van der Waals surface area contributed by atoms with Crippen LogP contribution in [0.2, 0.25) is 0 Å². The molecule has 3 atom stereocenters. The molecule has 1 aliphatic rings. The molecule has 0 bridgehead atoms. The number of hydrogen-bond acceptors (Lipinski definition) is 4. The third-order valence-corrected chi connectivity index (χ3v) is 6.57. The van der Waals surface area contributed by atoms with Crippen LogP contribution in [0.5, 0.6) is 0 Å². The van der Waals surface area contributed by atoms with Gasteiger partial charge in [0.25, 0.3) is 0 Å². The molecule has 0 saturated carbocycles. The number of rotatable bonds is 9. The predicted octanol–water partition coefficient (Wildman–Crippen LogP) is 2.54. The predicted molar refractivity (Wildman–Crippen MR) is 133 cm³/mol. The van der Waals surface area contributed by atoms with Crippen molar-refractivity contribution in [3.05, 3.63) is 71.3 Å². The fourth-order valence-electron chi connectivity index (χ4n) is 4.70. The number of carbonyl (C=O) groups excluding carboxylic acids is 2. The number of hydrogen-bond donors (Lipinski definition) is 2. The van der Waals surface area contributed by atoms with Gasteiger partial charge in [0, 0.05) is 32.7 Å². The first-order valence-electron chi connectivity index (χ1n) is 12.0. The molecule has 0 spiro atoms. The van der Waals surface area contributed by atoms with Gasteiger partial charge in [-0.25, -0.2) is 0 Å². The molecule has 0 aliphatic carbocycles. The number of carbonyl (C=O) groups is 2. The Morgan fingerprint density at radius 1 is 1.03 bits per heavy atom. The highest BCUT2D eigenvalue weighted by Crippen LogP contribution is 2.20. The molecule has 3 rings (SSSR count). The third kappa shape index (κ3) is 6.65. The monoisotopic (exact) mass is 450 g/mol. The molecule has 1 heterocycles. The number of piperazine rings is 1. The average Bonchev–Trinajstić information content (AvgIpc) is 2.84. The Morgan fingerprint density at radius 2 is 1.70 bits per heavy atom. The molecular weight excluding hydrogens is 412 g/mol. The van der Waals surface area contributed by atoms with Gasteiger partial charge in [-0.2, -0.15) is 0 Å². The van der Waals surface area contributed by atoms with Crippen LogP contribution < -0.4 is 11.1 Å². The second-order valence-corrected chi connectivity index (χ2v) is 9.09. The summed E-state index contributed by atoms with van der Waals surface area (Å²) in [6.07, 6.45) is 3.05. The van der Waals surface area contributed by atoms with Crippen LogP contribution in [-0.4, -0.2) is 66.4 Å². The fraction of sp³-hybridized carbons (Fsp3) is 0.481. The van der Waals surface area contributed by atoms with Gasteiger partial charge in [0.2, 0.25) is 11.8 Å². The van der Waals surface area contributed by atoms with E-state index in [-0.39, 0.29) is 23.9 Å². The Balaban J connectivity index is 1.70. The first-order chi connectivity index (χ1) is 15.9. The van der Waals surface area contributed by atoms with Crippen molar-refractivity contribution in [1.82, 2.24) is 15.1 Å². The van der Waals surface area contributed by atoms with Gasteiger partial charge in [-0.15, -0.1) is 0 Å². The molecule has 2 amide bonds. The Labute approximate surface area is 198 Å². The summed E-state index contributed by atoms with van der Waals surface area (Å²) in [4.78, 5) is 30.3. The SMILES string of the molecule is CCCC1CN(C(Cc2ccccc2)C(=O)NC)CCN1C(=O)C(N)Cc1ccc(C)cc1. The van der Waals surface area contributed by atoms with E-state index in [1.165, 1.54) is 5.56 Å². The van der Waals surface area contributed by atoms with Crippen LogP contribution in [0.4, 0.5) is 0 Å². The van der Waals surface area contributed by atoms with Crippen molar-refractivity contribution in [3.8, 4) is 0 Å². The largest absolute Gasteiger partial charge is 0.358 e. The number of likely N-dealkylation sites (N-methyl/N-ethyl adjacent to an activating group) is 1. The molecule has 6 heteroatoms. The van der Waals surface area contributed by atoms with Crippen LogP contribution in [0, 0.1) is 6.92 Å². The lowest BCUT2D eigenvalue weighted by Crippen LogP contribution is -2.62. The van der Waals surface area contributed by atoms with E-state index in [1.807, 2.05) is 42.2 Å². The summed E-state index contributed by atoms with van der Waals surface area (Å²) >= 11 is 0. The average molecular weight is 451 g/mol. The number of nitrogens with zero attached hydrogens (tertiary/aromatic N) is 2. The molecule has 0 radical (unpaired) electrons. The van der Waals surface area contributed by atoms with Gasteiger partial charge in [0.15, 0.2) is 0 Å². The lowest BCUT2D eigenvalue weighted by atomic mass is 9.98. The Kier molecular flexibility index (Phi) is 9.03. The van der Waals surface area contributed by atoms with E-state index in [1.54, 1.807) is 7.05 Å². The van der Waals surface area contributed by atoms with E-state index in [4.69, 9.17) is 5.73 Å². The number of aryl methyl sites for hydroxylation is 1.